The van der Waals surface area contributed by atoms with Crippen LogP contribution >= 0.6 is 0 Å². The van der Waals surface area contributed by atoms with Crippen molar-refractivity contribution >= 4 is 11.9 Å². The molecular weight excluding hydrogens is 318 g/mol. The Kier molecular flexibility index (Phi) is 5.80. The Morgan fingerprint density at radius 1 is 1.00 bits per heavy atom. The molecule has 0 saturated carbocycles. The zero-order valence-corrected chi connectivity index (χ0v) is 14.9. The van der Waals surface area contributed by atoms with Gasteiger partial charge in [-0.3, -0.25) is 4.79 Å². The van der Waals surface area contributed by atoms with Crippen molar-refractivity contribution < 1.29 is 19.4 Å². The Labute approximate surface area is 147 Å². The number of amides is 1. The summed E-state index contributed by atoms with van der Waals surface area (Å²) in [5.74, 6) is -1.19. The lowest BCUT2D eigenvalue weighted by atomic mass is 9.97. The molecule has 5 heteroatoms. The number of benzene rings is 2. The Hall–Kier alpha value is -2.82. The molecule has 0 aliphatic heterocycles. The van der Waals surface area contributed by atoms with Gasteiger partial charge in [-0.1, -0.05) is 30.3 Å². The predicted molar refractivity (Wildman–Crippen MR) is 95.8 cm³/mol. The number of carboxylic acids is 1. The van der Waals surface area contributed by atoms with Gasteiger partial charge in [-0.15, -0.1) is 0 Å². The topological polar surface area (TPSA) is 75.6 Å². The number of ether oxygens (including phenoxy) is 1. The van der Waals surface area contributed by atoms with E-state index in [9.17, 15) is 14.7 Å². The van der Waals surface area contributed by atoms with Crippen molar-refractivity contribution in [1.82, 2.24) is 5.32 Å². The second kappa shape index (κ2) is 7.83. The van der Waals surface area contributed by atoms with Crippen LogP contribution in [-0.4, -0.2) is 24.1 Å². The quantitative estimate of drug-likeness (QED) is 0.845. The van der Waals surface area contributed by atoms with Crippen LogP contribution in [0.5, 0.6) is 5.75 Å². The summed E-state index contributed by atoms with van der Waals surface area (Å²) in [6, 6.07) is 11.5. The molecule has 0 spiro atoms. The molecule has 0 aliphatic rings. The molecule has 5 nitrogen and oxygen atoms in total. The Morgan fingerprint density at radius 3 is 2.12 bits per heavy atom. The van der Waals surface area contributed by atoms with Crippen molar-refractivity contribution in [2.24, 2.45) is 0 Å². The molecule has 2 rings (SSSR count). The molecule has 25 heavy (non-hydrogen) atoms. The van der Waals surface area contributed by atoms with Gasteiger partial charge in [-0.2, -0.15) is 0 Å². The van der Waals surface area contributed by atoms with Crippen LogP contribution in [0, 0.1) is 13.8 Å². The van der Waals surface area contributed by atoms with E-state index < -0.39 is 17.9 Å². The maximum atomic E-state index is 12.5. The fourth-order valence-electron chi connectivity index (χ4n) is 2.54. The van der Waals surface area contributed by atoms with E-state index in [-0.39, 0.29) is 5.91 Å². The molecular formula is C20H23NO4. The van der Waals surface area contributed by atoms with E-state index in [1.54, 1.807) is 50.4 Å². The van der Waals surface area contributed by atoms with E-state index in [0.717, 1.165) is 16.7 Å². The first-order chi connectivity index (χ1) is 11.8. The molecule has 0 aliphatic carbocycles. The number of methoxy groups -OCH3 is 1. The lowest BCUT2D eigenvalue weighted by Crippen LogP contribution is -2.36. The molecule has 0 saturated heterocycles. The third kappa shape index (κ3) is 4.38. The molecule has 2 atom stereocenters. The molecule has 0 radical (unpaired) electrons. The van der Waals surface area contributed by atoms with Gasteiger partial charge in [0.25, 0.3) is 0 Å². The van der Waals surface area contributed by atoms with Gasteiger partial charge in [-0.25, -0.2) is 4.79 Å². The normalized spacial score (nSPS) is 13.0. The highest BCUT2D eigenvalue weighted by Crippen LogP contribution is 2.22. The van der Waals surface area contributed by atoms with Crippen molar-refractivity contribution in [3.63, 3.8) is 0 Å². The number of rotatable bonds is 6. The van der Waals surface area contributed by atoms with E-state index in [1.165, 1.54) is 0 Å². The van der Waals surface area contributed by atoms with Crippen molar-refractivity contribution in [2.75, 3.05) is 7.11 Å². The maximum absolute atomic E-state index is 12.5. The van der Waals surface area contributed by atoms with Gasteiger partial charge in [0.15, 0.2) is 6.04 Å². The summed E-state index contributed by atoms with van der Waals surface area (Å²) < 4.78 is 5.11. The highest BCUT2D eigenvalue weighted by Gasteiger charge is 2.25. The average molecular weight is 341 g/mol. The Balaban J connectivity index is 2.18. The molecule has 0 heterocycles. The lowest BCUT2D eigenvalue weighted by Gasteiger charge is -2.19. The van der Waals surface area contributed by atoms with Crippen LogP contribution < -0.4 is 10.1 Å². The van der Waals surface area contributed by atoms with E-state index in [2.05, 4.69) is 5.32 Å². The highest BCUT2D eigenvalue weighted by atomic mass is 16.5. The Bertz CT molecular complexity index is 768. The van der Waals surface area contributed by atoms with Crippen LogP contribution in [0.2, 0.25) is 0 Å². The van der Waals surface area contributed by atoms with Crippen molar-refractivity contribution in [1.29, 1.82) is 0 Å². The molecule has 2 aromatic rings. The average Bonchev–Trinajstić information content (AvgIpc) is 2.61. The zero-order valence-electron chi connectivity index (χ0n) is 14.9. The highest BCUT2D eigenvalue weighted by molar-refractivity contribution is 5.88. The minimum Gasteiger partial charge on any atom is -0.497 e. The monoisotopic (exact) mass is 341 g/mol. The van der Waals surface area contributed by atoms with Crippen LogP contribution in [0.1, 0.15) is 41.1 Å². The summed E-state index contributed by atoms with van der Waals surface area (Å²) in [7, 11) is 1.58. The molecule has 0 fully saturated rings. The van der Waals surface area contributed by atoms with E-state index >= 15 is 0 Å². The summed E-state index contributed by atoms with van der Waals surface area (Å²) in [6.45, 7) is 5.62. The van der Waals surface area contributed by atoms with Gasteiger partial charge >= 0.3 is 5.97 Å². The first-order valence-electron chi connectivity index (χ1n) is 8.07. The van der Waals surface area contributed by atoms with Gasteiger partial charge in [0.05, 0.1) is 13.0 Å². The molecule has 2 N–H and O–H groups in total. The van der Waals surface area contributed by atoms with Gasteiger partial charge in [0.2, 0.25) is 5.91 Å². The number of hydrogen-bond acceptors (Lipinski definition) is 3. The van der Waals surface area contributed by atoms with Crippen LogP contribution in [0.4, 0.5) is 0 Å². The number of carbonyl (C=O) groups excluding carboxylic acids is 1. The van der Waals surface area contributed by atoms with Crippen LogP contribution in [-0.2, 0) is 9.59 Å². The van der Waals surface area contributed by atoms with Crippen molar-refractivity contribution in [3.8, 4) is 5.75 Å². The first-order valence-corrected chi connectivity index (χ1v) is 8.07. The van der Waals surface area contributed by atoms with E-state index in [4.69, 9.17) is 4.74 Å². The number of hydrogen-bond donors (Lipinski definition) is 2. The summed E-state index contributed by atoms with van der Waals surface area (Å²) in [5.41, 5.74) is 3.42. The zero-order chi connectivity index (χ0) is 18.6. The van der Waals surface area contributed by atoms with Crippen LogP contribution in [0.15, 0.2) is 42.5 Å². The molecule has 0 aromatic heterocycles. The third-order valence-corrected chi connectivity index (χ3v) is 4.41. The fraction of sp³-hybridized carbons (Fsp3) is 0.300. The second-order valence-corrected chi connectivity index (χ2v) is 6.12. The minimum absolute atomic E-state index is 0.337. The molecule has 0 bridgehead atoms. The summed E-state index contributed by atoms with van der Waals surface area (Å²) >= 11 is 0. The lowest BCUT2D eigenvalue weighted by molar-refractivity contribution is -0.142. The summed E-state index contributed by atoms with van der Waals surface area (Å²) in [6.07, 6.45) is 0. The van der Waals surface area contributed by atoms with Gasteiger partial charge < -0.3 is 15.2 Å². The standard InChI is InChI=1S/C20H23NO4/c1-12-5-6-16(11-13(12)2)18(20(23)24)21-19(22)14(3)15-7-9-17(25-4)10-8-15/h5-11,14,18H,1-4H3,(H,21,22)(H,23,24). The molecule has 132 valence electrons. The summed E-state index contributed by atoms with van der Waals surface area (Å²) in [4.78, 5) is 24.2. The number of carboxylic acid groups (broad SMARTS) is 1. The van der Waals surface area contributed by atoms with Gasteiger partial charge in [-0.05, 0) is 55.2 Å². The van der Waals surface area contributed by atoms with E-state index in [0.29, 0.717) is 11.3 Å². The largest absolute Gasteiger partial charge is 0.497 e. The van der Waals surface area contributed by atoms with Crippen LogP contribution in [0.25, 0.3) is 0 Å². The number of carbonyl (C=O) groups is 2. The molecule has 2 unspecified atom stereocenters. The number of aliphatic carboxylic acids is 1. The second-order valence-electron chi connectivity index (χ2n) is 6.12. The third-order valence-electron chi connectivity index (χ3n) is 4.41. The van der Waals surface area contributed by atoms with Gasteiger partial charge in [0.1, 0.15) is 5.75 Å². The molecule has 2 aromatic carbocycles. The Morgan fingerprint density at radius 2 is 1.60 bits per heavy atom. The maximum Gasteiger partial charge on any atom is 0.330 e. The number of nitrogens with one attached hydrogen (secondary N) is 1. The fourth-order valence-corrected chi connectivity index (χ4v) is 2.54. The number of aryl methyl sites for hydroxylation is 2. The van der Waals surface area contributed by atoms with Crippen molar-refractivity contribution in [3.05, 3.63) is 64.7 Å². The van der Waals surface area contributed by atoms with E-state index in [1.807, 2.05) is 19.9 Å². The predicted octanol–water partition coefficient (Wildman–Crippen LogP) is 3.36. The molecule has 1 amide bonds. The SMILES string of the molecule is COc1ccc(C(C)C(=O)NC(C(=O)O)c2ccc(C)c(C)c2)cc1. The van der Waals surface area contributed by atoms with Crippen LogP contribution in [0.3, 0.4) is 0 Å². The summed E-state index contributed by atoms with van der Waals surface area (Å²) in [5, 5.41) is 12.2. The smallest absolute Gasteiger partial charge is 0.330 e. The first kappa shape index (κ1) is 18.5. The van der Waals surface area contributed by atoms with Gasteiger partial charge in [0, 0.05) is 0 Å². The van der Waals surface area contributed by atoms with Crippen molar-refractivity contribution in [2.45, 2.75) is 32.7 Å². The minimum atomic E-state index is -1.08.